The van der Waals surface area contributed by atoms with Crippen LogP contribution in [0.4, 0.5) is 0 Å². The first kappa shape index (κ1) is 9.64. The lowest BCUT2D eigenvalue weighted by molar-refractivity contribution is 0.194. The number of hydrogen-bond donors (Lipinski definition) is 2. The van der Waals surface area contributed by atoms with Crippen molar-refractivity contribution in [2.45, 2.75) is 25.9 Å². The van der Waals surface area contributed by atoms with Crippen LogP contribution in [-0.2, 0) is 12.8 Å². The molecule has 1 aromatic heterocycles. The van der Waals surface area contributed by atoms with E-state index < -0.39 is 0 Å². The molecule has 0 saturated heterocycles. The zero-order chi connectivity index (χ0) is 8.97. The van der Waals surface area contributed by atoms with Crippen molar-refractivity contribution >= 4 is 11.3 Å². The number of rotatable bonds is 4. The Morgan fingerprint density at radius 2 is 2.42 bits per heavy atom. The summed E-state index contributed by atoms with van der Waals surface area (Å²) in [5.41, 5.74) is 0.915. The second-order valence-electron chi connectivity index (χ2n) is 2.76. The van der Waals surface area contributed by atoms with Crippen LogP contribution in [0, 0.1) is 0 Å². The Kier molecular flexibility index (Phi) is 3.65. The van der Waals surface area contributed by atoms with Crippen LogP contribution in [0.2, 0.25) is 0 Å². The third kappa shape index (κ3) is 2.89. The SMILES string of the molecule is CC(O)Cc1csc(CCO)n1. The van der Waals surface area contributed by atoms with Crippen LogP contribution >= 0.6 is 11.3 Å². The fourth-order valence-electron chi connectivity index (χ4n) is 0.956. The molecule has 1 unspecified atom stereocenters. The molecule has 0 bridgehead atoms. The zero-order valence-electron chi connectivity index (χ0n) is 7.03. The summed E-state index contributed by atoms with van der Waals surface area (Å²) in [6.07, 6.45) is 0.876. The van der Waals surface area contributed by atoms with E-state index in [9.17, 15) is 0 Å². The molecule has 0 fully saturated rings. The van der Waals surface area contributed by atoms with Crippen molar-refractivity contribution < 1.29 is 10.2 Å². The molecule has 0 aromatic carbocycles. The number of aliphatic hydroxyl groups is 2. The van der Waals surface area contributed by atoms with Gasteiger partial charge in [-0.3, -0.25) is 0 Å². The molecule has 0 aliphatic rings. The Bertz CT molecular complexity index is 235. The normalized spacial score (nSPS) is 13.2. The van der Waals surface area contributed by atoms with E-state index in [0.717, 1.165) is 10.7 Å². The molecule has 0 saturated carbocycles. The van der Waals surface area contributed by atoms with Crippen LogP contribution in [0.5, 0.6) is 0 Å². The molecule has 4 heteroatoms. The van der Waals surface area contributed by atoms with Crippen molar-refractivity contribution in [2.75, 3.05) is 6.61 Å². The number of hydrogen-bond acceptors (Lipinski definition) is 4. The van der Waals surface area contributed by atoms with Crippen molar-refractivity contribution in [3.8, 4) is 0 Å². The van der Waals surface area contributed by atoms with E-state index in [-0.39, 0.29) is 12.7 Å². The van der Waals surface area contributed by atoms with Gasteiger partial charge in [0.05, 0.1) is 16.8 Å². The monoisotopic (exact) mass is 187 g/mol. The second-order valence-corrected chi connectivity index (χ2v) is 3.70. The lowest BCUT2D eigenvalue weighted by Gasteiger charge is -1.98. The average Bonchev–Trinajstić information content (AvgIpc) is 2.36. The van der Waals surface area contributed by atoms with E-state index in [0.29, 0.717) is 12.8 Å². The predicted molar refractivity (Wildman–Crippen MR) is 48.3 cm³/mol. The van der Waals surface area contributed by atoms with Crippen LogP contribution in [-0.4, -0.2) is 27.9 Å². The highest BCUT2D eigenvalue weighted by molar-refractivity contribution is 7.09. The Balaban J connectivity index is 2.52. The molecular formula is C8H13NO2S. The first-order valence-corrected chi connectivity index (χ1v) is 4.82. The number of nitrogens with zero attached hydrogens (tertiary/aromatic N) is 1. The Morgan fingerprint density at radius 3 is 3.00 bits per heavy atom. The van der Waals surface area contributed by atoms with E-state index >= 15 is 0 Å². The summed E-state index contributed by atoms with van der Waals surface area (Å²) in [6, 6.07) is 0. The zero-order valence-corrected chi connectivity index (χ0v) is 7.84. The van der Waals surface area contributed by atoms with Crippen molar-refractivity contribution in [2.24, 2.45) is 0 Å². The summed E-state index contributed by atoms with van der Waals surface area (Å²) >= 11 is 1.53. The van der Waals surface area contributed by atoms with Gasteiger partial charge in [0.2, 0.25) is 0 Å². The summed E-state index contributed by atoms with van der Waals surface area (Å²) in [4.78, 5) is 4.24. The molecular weight excluding hydrogens is 174 g/mol. The van der Waals surface area contributed by atoms with Gasteiger partial charge in [0.15, 0.2) is 0 Å². The molecule has 1 heterocycles. The molecule has 68 valence electrons. The van der Waals surface area contributed by atoms with E-state index in [1.807, 2.05) is 5.38 Å². The van der Waals surface area contributed by atoms with E-state index in [4.69, 9.17) is 10.2 Å². The molecule has 3 nitrogen and oxygen atoms in total. The molecule has 0 radical (unpaired) electrons. The van der Waals surface area contributed by atoms with E-state index in [1.165, 1.54) is 11.3 Å². The van der Waals surface area contributed by atoms with Gasteiger partial charge in [0.1, 0.15) is 0 Å². The van der Waals surface area contributed by atoms with Crippen LogP contribution in [0.25, 0.3) is 0 Å². The highest BCUT2D eigenvalue weighted by Gasteiger charge is 2.03. The van der Waals surface area contributed by atoms with Crippen LogP contribution in [0.1, 0.15) is 17.6 Å². The van der Waals surface area contributed by atoms with Crippen molar-refractivity contribution in [1.82, 2.24) is 4.98 Å². The largest absolute Gasteiger partial charge is 0.396 e. The van der Waals surface area contributed by atoms with Crippen molar-refractivity contribution in [3.05, 3.63) is 16.1 Å². The van der Waals surface area contributed by atoms with Gasteiger partial charge in [-0.2, -0.15) is 0 Å². The summed E-state index contributed by atoms with van der Waals surface area (Å²) in [7, 11) is 0. The third-order valence-electron chi connectivity index (χ3n) is 1.43. The molecule has 0 aliphatic heterocycles. The second kappa shape index (κ2) is 4.54. The fourth-order valence-corrected chi connectivity index (χ4v) is 1.76. The minimum atomic E-state index is -0.339. The van der Waals surface area contributed by atoms with E-state index in [2.05, 4.69) is 4.98 Å². The standard InChI is InChI=1S/C8H13NO2S/c1-6(11)4-7-5-12-8(9-7)2-3-10/h5-6,10-11H,2-4H2,1H3. The molecule has 2 N–H and O–H groups in total. The van der Waals surface area contributed by atoms with E-state index in [1.54, 1.807) is 6.92 Å². The Morgan fingerprint density at radius 1 is 1.67 bits per heavy atom. The minimum absolute atomic E-state index is 0.141. The van der Waals surface area contributed by atoms with Crippen molar-refractivity contribution in [1.29, 1.82) is 0 Å². The van der Waals surface area contributed by atoms with Gasteiger partial charge in [-0.1, -0.05) is 0 Å². The topological polar surface area (TPSA) is 53.4 Å². The van der Waals surface area contributed by atoms with Gasteiger partial charge in [-0.05, 0) is 6.92 Å². The van der Waals surface area contributed by atoms with Gasteiger partial charge in [0, 0.05) is 24.8 Å². The lowest BCUT2D eigenvalue weighted by atomic mass is 10.2. The smallest absolute Gasteiger partial charge is 0.0951 e. The first-order valence-electron chi connectivity index (χ1n) is 3.94. The van der Waals surface area contributed by atoms with Gasteiger partial charge in [-0.15, -0.1) is 11.3 Å². The third-order valence-corrected chi connectivity index (χ3v) is 2.39. The molecule has 1 rings (SSSR count). The van der Waals surface area contributed by atoms with Crippen molar-refractivity contribution in [3.63, 3.8) is 0 Å². The Hall–Kier alpha value is -0.450. The van der Waals surface area contributed by atoms with Gasteiger partial charge < -0.3 is 10.2 Å². The first-order chi connectivity index (χ1) is 5.72. The number of aromatic nitrogens is 1. The van der Waals surface area contributed by atoms with Gasteiger partial charge >= 0.3 is 0 Å². The molecule has 1 aromatic rings. The quantitative estimate of drug-likeness (QED) is 0.726. The minimum Gasteiger partial charge on any atom is -0.396 e. The summed E-state index contributed by atoms with van der Waals surface area (Å²) in [6.45, 7) is 1.88. The molecule has 1 atom stereocenters. The van der Waals surface area contributed by atoms with Gasteiger partial charge in [0.25, 0.3) is 0 Å². The molecule has 0 amide bonds. The van der Waals surface area contributed by atoms with Gasteiger partial charge in [-0.25, -0.2) is 4.98 Å². The summed E-state index contributed by atoms with van der Waals surface area (Å²) in [5.74, 6) is 0. The number of thiazole rings is 1. The van der Waals surface area contributed by atoms with Crippen LogP contribution < -0.4 is 0 Å². The highest BCUT2D eigenvalue weighted by atomic mass is 32.1. The maximum atomic E-state index is 9.06. The Labute approximate surface area is 75.7 Å². The van der Waals surface area contributed by atoms with Crippen LogP contribution in [0.15, 0.2) is 5.38 Å². The van der Waals surface area contributed by atoms with Crippen LogP contribution in [0.3, 0.4) is 0 Å². The lowest BCUT2D eigenvalue weighted by Crippen LogP contribution is -2.04. The summed E-state index contributed by atoms with van der Waals surface area (Å²) < 4.78 is 0. The average molecular weight is 187 g/mol. The fraction of sp³-hybridized carbons (Fsp3) is 0.625. The molecule has 0 aliphatic carbocycles. The summed E-state index contributed by atoms with van der Waals surface area (Å²) in [5, 5.41) is 20.6. The predicted octanol–water partition coefficient (Wildman–Crippen LogP) is 0.601. The molecule has 12 heavy (non-hydrogen) atoms. The molecule has 0 spiro atoms. The highest BCUT2D eigenvalue weighted by Crippen LogP contribution is 2.11. The number of aliphatic hydroxyl groups excluding tert-OH is 2. The maximum absolute atomic E-state index is 9.06. The maximum Gasteiger partial charge on any atom is 0.0951 e.